The van der Waals surface area contributed by atoms with Crippen molar-refractivity contribution in [1.82, 2.24) is 0 Å². The molecule has 2 aromatic rings. The van der Waals surface area contributed by atoms with Crippen LogP contribution in [0.5, 0.6) is 5.75 Å². The molecule has 0 heterocycles. The van der Waals surface area contributed by atoms with Gasteiger partial charge < -0.3 is 10.5 Å². The van der Waals surface area contributed by atoms with Crippen LogP contribution in [0.3, 0.4) is 0 Å². The first-order valence-electron chi connectivity index (χ1n) is 5.47. The number of carbonyl (C=O) groups is 1. The van der Waals surface area contributed by atoms with E-state index in [-0.39, 0.29) is 21.6 Å². The van der Waals surface area contributed by atoms with Gasteiger partial charge in [0.15, 0.2) is 5.78 Å². The predicted octanol–water partition coefficient (Wildman–Crippen LogP) is 3.41. The van der Waals surface area contributed by atoms with E-state index in [1.54, 1.807) is 24.3 Å². The van der Waals surface area contributed by atoms with E-state index in [2.05, 4.69) is 15.9 Å². The van der Waals surface area contributed by atoms with E-state index in [9.17, 15) is 9.18 Å². The number of nitrogen functional groups attached to an aromatic ring is 1. The van der Waals surface area contributed by atoms with E-state index in [1.807, 2.05) is 0 Å². The Kier molecular flexibility index (Phi) is 3.85. The molecular weight excluding hydrogens is 313 g/mol. The number of halogens is 2. The lowest BCUT2D eigenvalue weighted by Gasteiger charge is -2.10. The summed E-state index contributed by atoms with van der Waals surface area (Å²) in [6.07, 6.45) is 0. The molecule has 0 aliphatic rings. The van der Waals surface area contributed by atoms with Crippen LogP contribution >= 0.6 is 15.9 Å². The molecule has 0 saturated heterocycles. The molecule has 98 valence electrons. The Balaban J connectivity index is 2.56. The Hall–Kier alpha value is -1.88. The summed E-state index contributed by atoms with van der Waals surface area (Å²) in [6, 6.07) is 9.27. The number of anilines is 1. The first kappa shape index (κ1) is 13.5. The van der Waals surface area contributed by atoms with Gasteiger partial charge in [-0.15, -0.1) is 0 Å². The number of ether oxygens (including phenoxy) is 1. The molecule has 0 aliphatic carbocycles. The molecule has 0 saturated carbocycles. The highest BCUT2D eigenvalue weighted by Crippen LogP contribution is 2.29. The van der Waals surface area contributed by atoms with Gasteiger partial charge in [-0.1, -0.05) is 12.1 Å². The number of methoxy groups -OCH3 is 1. The van der Waals surface area contributed by atoms with Gasteiger partial charge in [-0.25, -0.2) is 4.39 Å². The predicted molar refractivity (Wildman–Crippen MR) is 74.9 cm³/mol. The van der Waals surface area contributed by atoms with Gasteiger partial charge in [-0.05, 0) is 34.1 Å². The zero-order valence-corrected chi connectivity index (χ0v) is 11.7. The van der Waals surface area contributed by atoms with Crippen LogP contribution in [0.25, 0.3) is 0 Å². The topological polar surface area (TPSA) is 52.3 Å². The minimum absolute atomic E-state index is 0.175. The van der Waals surface area contributed by atoms with Crippen molar-refractivity contribution < 1.29 is 13.9 Å². The van der Waals surface area contributed by atoms with Crippen molar-refractivity contribution in [2.24, 2.45) is 0 Å². The molecule has 2 aromatic carbocycles. The molecule has 0 fully saturated rings. The highest BCUT2D eigenvalue weighted by atomic mass is 79.9. The highest BCUT2D eigenvalue weighted by Gasteiger charge is 2.18. The summed E-state index contributed by atoms with van der Waals surface area (Å²) in [5.74, 6) is -0.626. The lowest BCUT2D eigenvalue weighted by molar-refractivity contribution is 0.103. The van der Waals surface area contributed by atoms with Crippen molar-refractivity contribution in [3.8, 4) is 5.75 Å². The van der Waals surface area contributed by atoms with Crippen LogP contribution in [0.4, 0.5) is 10.1 Å². The number of nitrogens with two attached hydrogens (primary N) is 1. The van der Waals surface area contributed by atoms with Crippen molar-refractivity contribution in [1.29, 1.82) is 0 Å². The zero-order valence-electron chi connectivity index (χ0n) is 10.1. The lowest BCUT2D eigenvalue weighted by atomic mass is 10.0. The smallest absolute Gasteiger partial charge is 0.198 e. The van der Waals surface area contributed by atoms with Gasteiger partial charge in [-0.3, -0.25) is 4.79 Å². The van der Waals surface area contributed by atoms with E-state index in [0.717, 1.165) is 6.07 Å². The zero-order chi connectivity index (χ0) is 14.0. The van der Waals surface area contributed by atoms with E-state index in [0.29, 0.717) is 11.3 Å². The number of para-hydroxylation sites is 1. The lowest BCUT2D eigenvalue weighted by Crippen LogP contribution is -2.07. The summed E-state index contributed by atoms with van der Waals surface area (Å²) in [5, 5.41) is 0. The number of rotatable bonds is 3. The average Bonchev–Trinajstić information content (AvgIpc) is 2.41. The molecule has 0 aromatic heterocycles. The molecule has 0 bridgehead atoms. The number of hydrogen-bond acceptors (Lipinski definition) is 3. The van der Waals surface area contributed by atoms with Gasteiger partial charge >= 0.3 is 0 Å². The van der Waals surface area contributed by atoms with Crippen LogP contribution < -0.4 is 10.5 Å². The number of benzene rings is 2. The second-order valence-corrected chi connectivity index (χ2v) is 4.74. The van der Waals surface area contributed by atoms with Crippen LogP contribution in [-0.4, -0.2) is 12.9 Å². The van der Waals surface area contributed by atoms with Crippen molar-refractivity contribution >= 4 is 27.4 Å². The summed E-state index contributed by atoms with van der Waals surface area (Å²) in [5.41, 5.74) is 6.76. The number of carbonyl (C=O) groups excluding carboxylic acids is 1. The van der Waals surface area contributed by atoms with E-state index in [4.69, 9.17) is 10.5 Å². The van der Waals surface area contributed by atoms with E-state index < -0.39 is 5.82 Å². The maximum Gasteiger partial charge on any atom is 0.198 e. The van der Waals surface area contributed by atoms with E-state index >= 15 is 0 Å². The fraction of sp³-hybridized carbons (Fsp3) is 0.0714. The first-order chi connectivity index (χ1) is 9.04. The Bertz CT molecular complexity index is 643. The van der Waals surface area contributed by atoms with Crippen LogP contribution in [0.2, 0.25) is 0 Å². The van der Waals surface area contributed by atoms with Gasteiger partial charge in [0.05, 0.1) is 17.1 Å². The molecule has 19 heavy (non-hydrogen) atoms. The molecule has 2 rings (SSSR count). The second kappa shape index (κ2) is 5.40. The molecule has 2 N–H and O–H groups in total. The molecule has 0 unspecified atom stereocenters. The summed E-state index contributed by atoms with van der Waals surface area (Å²) in [6.45, 7) is 0. The monoisotopic (exact) mass is 323 g/mol. The fourth-order valence-electron chi connectivity index (χ4n) is 1.72. The standard InChI is InChI=1S/C14H11BrFNO2/c1-19-13-7-11(16)10(15)6-9(13)14(18)8-4-2-3-5-12(8)17/h2-7H,17H2,1H3. The Morgan fingerprint density at radius 1 is 1.26 bits per heavy atom. The third-order valence-electron chi connectivity index (χ3n) is 2.69. The van der Waals surface area contributed by atoms with Crippen LogP contribution in [0.1, 0.15) is 15.9 Å². The minimum Gasteiger partial charge on any atom is -0.496 e. The maximum atomic E-state index is 13.4. The molecule has 0 atom stereocenters. The Labute approximate surface area is 118 Å². The van der Waals surface area contributed by atoms with Crippen molar-refractivity contribution in [2.45, 2.75) is 0 Å². The first-order valence-corrected chi connectivity index (χ1v) is 6.26. The van der Waals surface area contributed by atoms with Crippen LogP contribution in [-0.2, 0) is 0 Å². The molecule has 0 radical (unpaired) electrons. The van der Waals surface area contributed by atoms with Crippen molar-refractivity contribution in [2.75, 3.05) is 12.8 Å². The minimum atomic E-state index is -0.491. The van der Waals surface area contributed by atoms with E-state index in [1.165, 1.54) is 13.2 Å². The summed E-state index contributed by atoms with van der Waals surface area (Å²) >= 11 is 3.05. The second-order valence-electron chi connectivity index (χ2n) is 3.88. The Morgan fingerprint density at radius 2 is 1.95 bits per heavy atom. The van der Waals surface area contributed by atoms with Gasteiger partial charge in [0, 0.05) is 17.3 Å². The maximum absolute atomic E-state index is 13.4. The molecule has 0 amide bonds. The molecule has 0 spiro atoms. The molecule has 5 heteroatoms. The molecule has 0 aliphatic heterocycles. The largest absolute Gasteiger partial charge is 0.496 e. The fourth-order valence-corrected chi connectivity index (χ4v) is 2.07. The third-order valence-corrected chi connectivity index (χ3v) is 3.30. The number of ketones is 1. The summed E-state index contributed by atoms with van der Waals surface area (Å²) in [4.78, 5) is 12.4. The summed E-state index contributed by atoms with van der Waals surface area (Å²) in [7, 11) is 1.38. The normalized spacial score (nSPS) is 10.3. The van der Waals surface area contributed by atoms with Gasteiger partial charge in [-0.2, -0.15) is 0 Å². The van der Waals surface area contributed by atoms with Crippen molar-refractivity contribution in [3.05, 3.63) is 57.8 Å². The van der Waals surface area contributed by atoms with Gasteiger partial charge in [0.2, 0.25) is 0 Å². The SMILES string of the molecule is COc1cc(F)c(Br)cc1C(=O)c1ccccc1N. The average molecular weight is 324 g/mol. The van der Waals surface area contributed by atoms with Gasteiger partial charge in [0.25, 0.3) is 0 Å². The third kappa shape index (κ3) is 2.61. The number of hydrogen-bond donors (Lipinski definition) is 1. The van der Waals surface area contributed by atoms with Gasteiger partial charge in [0.1, 0.15) is 11.6 Å². The molecule has 3 nitrogen and oxygen atoms in total. The highest BCUT2D eigenvalue weighted by molar-refractivity contribution is 9.10. The molecular formula is C14H11BrFNO2. The Morgan fingerprint density at radius 3 is 2.58 bits per heavy atom. The van der Waals surface area contributed by atoms with Crippen molar-refractivity contribution in [3.63, 3.8) is 0 Å². The quantitative estimate of drug-likeness (QED) is 0.695. The summed E-state index contributed by atoms with van der Waals surface area (Å²) < 4.78 is 18.7. The van der Waals surface area contributed by atoms with Crippen LogP contribution in [0.15, 0.2) is 40.9 Å². The van der Waals surface area contributed by atoms with Crippen LogP contribution in [0, 0.1) is 5.82 Å².